The van der Waals surface area contributed by atoms with Crippen LogP contribution in [0.15, 0.2) is 18.2 Å². The monoisotopic (exact) mass is 260 g/mol. The molecule has 0 aliphatic rings. The Hall–Kier alpha value is -1.06. The van der Waals surface area contributed by atoms with Crippen LogP contribution < -0.4 is 0 Å². The van der Waals surface area contributed by atoms with E-state index in [4.69, 9.17) is 28.3 Å². The van der Waals surface area contributed by atoms with Crippen molar-refractivity contribution in [3.63, 3.8) is 0 Å². The highest BCUT2D eigenvalue weighted by Gasteiger charge is 2.08. The third-order valence-corrected chi connectivity index (χ3v) is 2.74. The van der Waals surface area contributed by atoms with Gasteiger partial charge in [-0.2, -0.15) is 0 Å². The molecular weight excluding hydrogens is 251 g/mol. The minimum Gasteiger partial charge on any atom is -0.481 e. The number of halogens is 2. The Kier molecular flexibility index (Phi) is 4.77. The van der Waals surface area contributed by atoms with Crippen LogP contribution in [0.5, 0.6) is 0 Å². The van der Waals surface area contributed by atoms with E-state index in [1.807, 2.05) is 0 Å². The number of carboxylic acids is 1. The molecule has 0 fully saturated rings. The Bertz CT molecular complexity index is 416. The van der Waals surface area contributed by atoms with E-state index < -0.39 is 5.97 Å². The zero-order valence-corrected chi connectivity index (χ0v) is 9.88. The van der Waals surface area contributed by atoms with E-state index in [2.05, 4.69) is 0 Å². The predicted molar refractivity (Wildman–Crippen MR) is 62.0 cm³/mol. The molecule has 1 aromatic carbocycles. The number of carboxylic acid groups (broad SMARTS) is 1. The van der Waals surface area contributed by atoms with E-state index in [9.17, 15) is 9.59 Å². The van der Waals surface area contributed by atoms with Crippen molar-refractivity contribution in [1.82, 2.24) is 0 Å². The fourth-order valence-corrected chi connectivity index (χ4v) is 1.53. The van der Waals surface area contributed by atoms with E-state index in [0.717, 1.165) is 5.56 Å². The smallest absolute Gasteiger partial charge is 0.303 e. The second-order valence-corrected chi connectivity index (χ2v) is 4.17. The first kappa shape index (κ1) is 13.0. The predicted octanol–water partition coefficient (Wildman–Crippen LogP) is 2.97. The van der Waals surface area contributed by atoms with Crippen LogP contribution in [0.2, 0.25) is 10.0 Å². The van der Waals surface area contributed by atoms with Crippen molar-refractivity contribution in [2.45, 2.75) is 19.3 Å². The normalized spacial score (nSPS) is 10.1. The molecule has 0 unspecified atom stereocenters. The number of carbonyl (C=O) groups excluding carboxylic acids is 1. The van der Waals surface area contributed by atoms with E-state index in [1.54, 1.807) is 18.2 Å². The molecule has 0 aromatic heterocycles. The fraction of sp³-hybridized carbons (Fsp3) is 0.273. The lowest BCUT2D eigenvalue weighted by Crippen LogP contribution is -2.06. The minimum absolute atomic E-state index is 0.0373. The first-order valence-electron chi connectivity index (χ1n) is 4.66. The zero-order valence-electron chi connectivity index (χ0n) is 8.37. The van der Waals surface area contributed by atoms with Gasteiger partial charge in [-0.1, -0.05) is 29.3 Å². The molecule has 0 radical (unpaired) electrons. The number of aliphatic carboxylic acids is 1. The number of Topliss-reactive ketones (excluding diaryl/α,β-unsaturated/α-hetero) is 1. The Morgan fingerprint density at radius 2 is 1.81 bits per heavy atom. The molecule has 0 saturated heterocycles. The highest BCUT2D eigenvalue weighted by Crippen LogP contribution is 2.22. The van der Waals surface area contributed by atoms with Crippen molar-refractivity contribution in [2.75, 3.05) is 0 Å². The Labute approximate surface area is 103 Å². The molecule has 0 aliphatic heterocycles. The number of benzene rings is 1. The van der Waals surface area contributed by atoms with E-state index in [1.165, 1.54) is 0 Å². The van der Waals surface area contributed by atoms with Crippen molar-refractivity contribution in [3.05, 3.63) is 33.8 Å². The Balaban J connectivity index is 2.56. The first-order valence-corrected chi connectivity index (χ1v) is 5.42. The van der Waals surface area contributed by atoms with Crippen LogP contribution in [-0.4, -0.2) is 16.9 Å². The molecule has 0 spiro atoms. The largest absolute Gasteiger partial charge is 0.481 e. The van der Waals surface area contributed by atoms with Crippen molar-refractivity contribution in [1.29, 1.82) is 0 Å². The van der Waals surface area contributed by atoms with Crippen LogP contribution in [-0.2, 0) is 16.0 Å². The van der Waals surface area contributed by atoms with E-state index in [0.29, 0.717) is 10.0 Å². The van der Waals surface area contributed by atoms with Crippen molar-refractivity contribution < 1.29 is 14.7 Å². The lowest BCUT2D eigenvalue weighted by molar-refractivity contribution is -0.138. The van der Waals surface area contributed by atoms with Gasteiger partial charge in [0.2, 0.25) is 0 Å². The summed E-state index contributed by atoms with van der Waals surface area (Å²) in [6, 6.07) is 4.93. The Morgan fingerprint density at radius 1 is 1.12 bits per heavy atom. The number of hydrogen-bond donors (Lipinski definition) is 1. The topological polar surface area (TPSA) is 54.4 Å². The third-order valence-electron chi connectivity index (χ3n) is 2.00. The van der Waals surface area contributed by atoms with Gasteiger partial charge >= 0.3 is 5.97 Å². The molecule has 1 N–H and O–H groups in total. The molecule has 0 bridgehead atoms. The molecule has 0 atom stereocenters. The van der Waals surface area contributed by atoms with Gasteiger partial charge in [0, 0.05) is 12.8 Å². The van der Waals surface area contributed by atoms with Gasteiger partial charge in [-0.15, -0.1) is 0 Å². The van der Waals surface area contributed by atoms with Gasteiger partial charge in [0.25, 0.3) is 0 Å². The highest BCUT2D eigenvalue weighted by atomic mass is 35.5. The molecule has 1 aromatic rings. The summed E-state index contributed by atoms with van der Waals surface area (Å²) in [4.78, 5) is 21.6. The maximum absolute atomic E-state index is 11.4. The molecule has 3 nitrogen and oxygen atoms in total. The summed E-state index contributed by atoms with van der Waals surface area (Å²) >= 11 is 11.5. The van der Waals surface area contributed by atoms with Gasteiger partial charge in [-0.25, -0.2) is 0 Å². The van der Waals surface area contributed by atoms with Gasteiger partial charge in [0.1, 0.15) is 5.78 Å². The molecule has 0 heterocycles. The SMILES string of the molecule is O=C(O)CCC(=O)Cc1ccc(Cl)c(Cl)c1. The van der Waals surface area contributed by atoms with Gasteiger partial charge in [0.05, 0.1) is 16.5 Å². The number of hydrogen-bond acceptors (Lipinski definition) is 2. The first-order chi connectivity index (χ1) is 7.49. The quantitative estimate of drug-likeness (QED) is 0.886. The lowest BCUT2D eigenvalue weighted by Gasteiger charge is -2.02. The van der Waals surface area contributed by atoms with E-state index in [-0.39, 0.29) is 25.0 Å². The van der Waals surface area contributed by atoms with Crippen molar-refractivity contribution in [3.8, 4) is 0 Å². The molecule has 0 saturated carbocycles. The summed E-state index contributed by atoms with van der Waals surface area (Å²) in [6.07, 6.45) is 0.0832. The minimum atomic E-state index is -0.970. The maximum atomic E-state index is 11.4. The molecule has 0 aliphatic carbocycles. The average Bonchev–Trinajstić information content (AvgIpc) is 2.21. The zero-order chi connectivity index (χ0) is 12.1. The highest BCUT2D eigenvalue weighted by molar-refractivity contribution is 6.42. The van der Waals surface area contributed by atoms with Crippen LogP contribution in [0.4, 0.5) is 0 Å². The summed E-state index contributed by atoms with van der Waals surface area (Å²) in [5.74, 6) is -1.09. The van der Waals surface area contributed by atoms with Crippen LogP contribution in [0.3, 0.4) is 0 Å². The lowest BCUT2D eigenvalue weighted by atomic mass is 10.1. The van der Waals surface area contributed by atoms with Crippen LogP contribution >= 0.6 is 23.2 Å². The summed E-state index contributed by atoms with van der Waals surface area (Å²) in [5, 5.41) is 9.25. The molecular formula is C11H10Cl2O3. The van der Waals surface area contributed by atoms with Crippen molar-refractivity contribution >= 4 is 35.0 Å². The van der Waals surface area contributed by atoms with Gasteiger partial charge in [-0.3, -0.25) is 9.59 Å². The number of rotatable bonds is 5. The van der Waals surface area contributed by atoms with Crippen LogP contribution in [0.25, 0.3) is 0 Å². The van der Waals surface area contributed by atoms with E-state index >= 15 is 0 Å². The summed E-state index contributed by atoms with van der Waals surface area (Å²) in [5.41, 5.74) is 0.741. The van der Waals surface area contributed by atoms with Gasteiger partial charge in [0.15, 0.2) is 0 Å². The molecule has 0 amide bonds. The standard InChI is InChI=1S/C11H10Cl2O3/c12-9-3-1-7(6-10(9)13)5-8(14)2-4-11(15)16/h1,3,6H,2,4-5H2,(H,15,16). The summed E-state index contributed by atoms with van der Waals surface area (Å²) in [6.45, 7) is 0. The molecule has 86 valence electrons. The fourth-order valence-electron chi connectivity index (χ4n) is 1.21. The number of carbonyl (C=O) groups is 2. The number of ketones is 1. The van der Waals surface area contributed by atoms with Gasteiger partial charge in [-0.05, 0) is 17.7 Å². The summed E-state index contributed by atoms with van der Waals surface area (Å²) < 4.78 is 0. The second-order valence-electron chi connectivity index (χ2n) is 3.36. The van der Waals surface area contributed by atoms with Gasteiger partial charge < -0.3 is 5.11 Å². The van der Waals surface area contributed by atoms with Crippen LogP contribution in [0, 0.1) is 0 Å². The third kappa shape index (κ3) is 4.21. The molecule has 16 heavy (non-hydrogen) atoms. The summed E-state index contributed by atoms with van der Waals surface area (Å²) in [7, 11) is 0. The molecule has 1 rings (SSSR count). The average molecular weight is 261 g/mol. The molecule has 5 heteroatoms. The Morgan fingerprint density at radius 3 is 2.38 bits per heavy atom. The van der Waals surface area contributed by atoms with Crippen molar-refractivity contribution in [2.24, 2.45) is 0 Å². The van der Waals surface area contributed by atoms with Crippen LogP contribution in [0.1, 0.15) is 18.4 Å². The maximum Gasteiger partial charge on any atom is 0.303 e. The second kappa shape index (κ2) is 5.87.